The van der Waals surface area contributed by atoms with E-state index in [0.717, 1.165) is 76.9 Å². The minimum atomic E-state index is -4.93. The molecule has 5 heterocycles. The number of hydrogen-bond donors (Lipinski definition) is 1. The molecule has 1 atom stereocenters. The number of thiophene rings is 1. The van der Waals surface area contributed by atoms with Gasteiger partial charge in [0.2, 0.25) is 0 Å². The predicted octanol–water partition coefficient (Wildman–Crippen LogP) is 8.13. The average Bonchev–Trinajstić information content (AvgIpc) is 3.72. The van der Waals surface area contributed by atoms with Gasteiger partial charge in [-0.3, -0.25) is 14.4 Å². The number of benzene rings is 2. The van der Waals surface area contributed by atoms with Crippen LogP contribution in [-0.4, -0.2) is 81.9 Å². The number of nitrogens with one attached hydrogen (secondary N) is 1. The van der Waals surface area contributed by atoms with Crippen molar-refractivity contribution in [3.63, 3.8) is 0 Å². The average molecular weight is 890 g/mol. The van der Waals surface area contributed by atoms with Gasteiger partial charge in [0.1, 0.15) is 28.7 Å². The lowest BCUT2D eigenvalue weighted by atomic mass is 9.58. The van der Waals surface area contributed by atoms with E-state index in [1.165, 1.54) is 22.6 Å². The molecule has 1 amide bonds. The number of aryl methyl sites for hydroxylation is 2. The van der Waals surface area contributed by atoms with Gasteiger partial charge in [-0.1, -0.05) is 24.0 Å². The summed E-state index contributed by atoms with van der Waals surface area (Å²) in [7, 11) is 1.70. The molecule has 1 spiro atoms. The molecule has 64 heavy (non-hydrogen) atoms. The van der Waals surface area contributed by atoms with Crippen molar-refractivity contribution >= 4 is 28.8 Å². The fraction of sp³-hybridized carbons (Fsp3) is 0.426. The summed E-state index contributed by atoms with van der Waals surface area (Å²) in [6, 6.07) is 17.1. The highest BCUT2D eigenvalue weighted by molar-refractivity contribution is 7.15. The van der Waals surface area contributed by atoms with E-state index >= 15 is 0 Å². The topological polar surface area (TPSA) is 153 Å². The largest absolute Gasteiger partial charge is 0.573 e. The van der Waals surface area contributed by atoms with Gasteiger partial charge in [-0.05, 0) is 101 Å². The quantitative estimate of drug-likeness (QED) is 0.136. The van der Waals surface area contributed by atoms with Gasteiger partial charge in [0.25, 0.3) is 5.91 Å². The number of methoxy groups -OCH3 is 1. The number of aromatic nitrogens is 5. The molecule has 0 radical (unpaired) electrons. The molecule has 330 valence electrons. The second kappa shape index (κ2) is 17.3. The third-order valence-corrected chi connectivity index (χ3v) is 13.8. The maximum absolute atomic E-state index is 13.0. The van der Waals surface area contributed by atoms with Crippen LogP contribution in [0, 0.1) is 55.3 Å². The van der Waals surface area contributed by atoms with Crippen LogP contribution < -0.4 is 19.7 Å². The molecule has 13 nitrogen and oxygen atoms in total. The van der Waals surface area contributed by atoms with E-state index in [-0.39, 0.29) is 46.5 Å². The Hall–Kier alpha value is -6.30. The van der Waals surface area contributed by atoms with E-state index in [9.17, 15) is 18.0 Å². The summed E-state index contributed by atoms with van der Waals surface area (Å²) in [5, 5.41) is 30.9. The van der Waals surface area contributed by atoms with E-state index in [1.807, 2.05) is 13.0 Å². The van der Waals surface area contributed by atoms with E-state index < -0.39 is 12.1 Å². The molecule has 3 fully saturated rings. The molecule has 3 aromatic heterocycles. The minimum absolute atomic E-state index is 0.109. The third-order valence-electron chi connectivity index (χ3n) is 12.6. The van der Waals surface area contributed by atoms with E-state index in [1.54, 1.807) is 30.6 Å². The van der Waals surface area contributed by atoms with Gasteiger partial charge >= 0.3 is 6.36 Å². The van der Waals surface area contributed by atoms with Gasteiger partial charge in [0, 0.05) is 78.2 Å². The van der Waals surface area contributed by atoms with E-state index in [4.69, 9.17) is 19.7 Å². The molecule has 1 unspecified atom stereocenters. The van der Waals surface area contributed by atoms with Crippen LogP contribution in [0.4, 0.5) is 19.0 Å². The second-order valence-corrected chi connectivity index (χ2v) is 18.3. The van der Waals surface area contributed by atoms with Crippen molar-refractivity contribution < 1.29 is 32.2 Å². The number of anilines is 1. The predicted molar refractivity (Wildman–Crippen MR) is 233 cm³/mol. The number of carbonyl (C=O) groups is 1. The first-order valence-electron chi connectivity index (χ1n) is 21.4. The zero-order valence-corrected chi connectivity index (χ0v) is 36.6. The van der Waals surface area contributed by atoms with Crippen LogP contribution >= 0.6 is 11.3 Å². The lowest BCUT2D eigenvalue weighted by molar-refractivity contribution is -0.274. The molecule has 2 saturated carbocycles. The number of nitrogens with zero attached hydrogens (tertiary/aromatic N) is 8. The Labute approximate surface area is 372 Å². The summed E-state index contributed by atoms with van der Waals surface area (Å²) < 4.78 is 55.9. The zero-order valence-electron chi connectivity index (χ0n) is 35.8. The molecule has 9 rings (SSSR count). The van der Waals surface area contributed by atoms with Crippen LogP contribution in [0.15, 0.2) is 59.6 Å². The Balaban J connectivity index is 0.747. The Morgan fingerprint density at radius 2 is 1.75 bits per heavy atom. The molecule has 1 N–H and O–H groups in total. The first-order chi connectivity index (χ1) is 30.8. The van der Waals surface area contributed by atoms with Crippen LogP contribution in [0.1, 0.15) is 106 Å². The number of amides is 1. The van der Waals surface area contributed by atoms with Crippen molar-refractivity contribution in [2.75, 3.05) is 31.7 Å². The van der Waals surface area contributed by atoms with Crippen molar-refractivity contribution in [2.24, 2.45) is 16.3 Å². The van der Waals surface area contributed by atoms with E-state index in [2.05, 4.69) is 89.9 Å². The molecular formula is C47H46F3N9O4S. The number of ether oxygens (including phenoxy) is 3. The monoisotopic (exact) mass is 889 g/mol. The number of alkyl halides is 3. The zero-order chi connectivity index (χ0) is 44.8. The standard InChI is InChI=1S/C47H46F3N9O4S/c1-27-28(2)64-45-41(27)42(53-37(19-20-61-4)43-57-54-29(3)59(43)45)32-9-7-30(8-10-32)5-6-31-22-46(23-31)25-58(26-46)40-18-17-38(55-56-40)44(60)52-34-12-15-35(16-13-34)62-36-14-11-33(24-51)39(21-36)63-47(48,49)50/h7-11,14,17-18,21,31,34-35,37H,12-13,15-16,19-20,22-23,25-26H2,1-4H3,(H,52,60). The summed E-state index contributed by atoms with van der Waals surface area (Å²) in [5.74, 6) is 8.95. The Bertz CT molecular complexity index is 2690. The first kappa shape index (κ1) is 43.0. The normalized spacial score (nSPS) is 20.0. The van der Waals surface area contributed by atoms with Crippen LogP contribution in [0.25, 0.3) is 5.00 Å². The van der Waals surface area contributed by atoms with Crippen LogP contribution in [-0.2, 0) is 4.74 Å². The van der Waals surface area contributed by atoms with Crippen molar-refractivity contribution in [1.82, 2.24) is 30.3 Å². The lowest BCUT2D eigenvalue weighted by Crippen LogP contribution is -2.62. The maximum Gasteiger partial charge on any atom is 0.573 e. The van der Waals surface area contributed by atoms with E-state index in [0.29, 0.717) is 44.6 Å². The summed E-state index contributed by atoms with van der Waals surface area (Å²) in [6.45, 7) is 8.60. The molecule has 17 heteroatoms. The van der Waals surface area contributed by atoms with Gasteiger partial charge < -0.3 is 24.4 Å². The number of nitriles is 1. The smallest absolute Gasteiger partial charge is 0.490 e. The number of aliphatic imine (C=N–C) groups is 1. The molecule has 5 aromatic rings. The van der Waals surface area contributed by atoms with Crippen molar-refractivity contribution in [3.05, 3.63) is 105 Å². The highest BCUT2D eigenvalue weighted by Crippen LogP contribution is 2.52. The number of halogens is 3. The van der Waals surface area contributed by atoms with Crippen molar-refractivity contribution in [1.29, 1.82) is 5.26 Å². The molecule has 1 saturated heterocycles. The molecule has 4 aliphatic rings. The Kier molecular flexibility index (Phi) is 11.6. The SMILES string of the molecule is COCCC1N=C(c2ccc(C#CC3CC4(C3)CN(c3ccc(C(=O)NC5CCC(Oc6ccc(C#N)c(OC(F)(F)F)c6)CC5)nn3)C4)cc2)c2c(sc(C)c2C)-n2c(C)nnc21. The highest BCUT2D eigenvalue weighted by Gasteiger charge is 2.52. The van der Waals surface area contributed by atoms with Gasteiger partial charge in [0.15, 0.2) is 23.1 Å². The minimum Gasteiger partial charge on any atom is -0.490 e. The number of rotatable bonds is 10. The lowest BCUT2D eigenvalue weighted by Gasteiger charge is -2.58. The van der Waals surface area contributed by atoms with Crippen LogP contribution in [0.5, 0.6) is 11.5 Å². The number of carbonyl (C=O) groups excluding carboxylic acids is 1. The molecule has 2 aromatic carbocycles. The first-order valence-corrected chi connectivity index (χ1v) is 22.2. The number of hydrogen-bond acceptors (Lipinski definition) is 12. The van der Waals surface area contributed by atoms with Gasteiger partial charge in [-0.15, -0.1) is 44.9 Å². The summed E-state index contributed by atoms with van der Waals surface area (Å²) in [4.78, 5) is 21.8. The molecule has 2 aliphatic carbocycles. The van der Waals surface area contributed by atoms with Crippen molar-refractivity contribution in [2.45, 2.75) is 90.3 Å². The van der Waals surface area contributed by atoms with Gasteiger partial charge in [-0.2, -0.15) is 5.26 Å². The Morgan fingerprint density at radius 1 is 0.984 bits per heavy atom. The van der Waals surface area contributed by atoms with Gasteiger partial charge in [0.05, 0.1) is 17.4 Å². The second-order valence-electron chi connectivity index (χ2n) is 17.1. The fourth-order valence-corrected chi connectivity index (χ4v) is 10.5. The third kappa shape index (κ3) is 8.79. The number of fused-ring (bicyclic) bond motifs is 3. The van der Waals surface area contributed by atoms with Crippen LogP contribution in [0.2, 0.25) is 0 Å². The Morgan fingerprint density at radius 3 is 2.44 bits per heavy atom. The summed E-state index contributed by atoms with van der Waals surface area (Å²) in [5.41, 5.74) is 5.51. The summed E-state index contributed by atoms with van der Waals surface area (Å²) >= 11 is 1.75. The van der Waals surface area contributed by atoms with Crippen molar-refractivity contribution in [3.8, 4) is 34.4 Å². The molecule has 2 aliphatic heterocycles. The highest BCUT2D eigenvalue weighted by atomic mass is 32.1. The summed E-state index contributed by atoms with van der Waals surface area (Å²) in [6.07, 6.45) is -0.0394. The molecular weight excluding hydrogens is 844 g/mol. The van der Waals surface area contributed by atoms with Gasteiger partial charge in [-0.25, -0.2) is 0 Å². The molecule has 0 bridgehead atoms. The fourth-order valence-electron chi connectivity index (χ4n) is 9.25. The van der Waals surface area contributed by atoms with Crippen LogP contribution in [0.3, 0.4) is 0 Å². The maximum atomic E-state index is 13.0.